The van der Waals surface area contributed by atoms with Crippen LogP contribution in [-0.4, -0.2) is 21.0 Å². The Morgan fingerprint density at radius 2 is 2.29 bits per heavy atom. The Labute approximate surface area is 84.4 Å². The Morgan fingerprint density at radius 3 is 2.71 bits per heavy atom. The van der Waals surface area contributed by atoms with Gasteiger partial charge in [0, 0.05) is 22.1 Å². The summed E-state index contributed by atoms with van der Waals surface area (Å²) in [5.74, 6) is 0.267. The second-order valence-corrected chi connectivity index (χ2v) is 4.62. The standard InChI is InChI=1S/C9H12O4S/c1-3-14(12)5-7-4-8(9(10)11)13-6(7)2/h4H,3,5H2,1-2H3,(H,10,11). The van der Waals surface area contributed by atoms with E-state index in [0.717, 1.165) is 0 Å². The maximum absolute atomic E-state index is 11.2. The Bertz CT molecular complexity index is 367. The van der Waals surface area contributed by atoms with Crippen molar-refractivity contribution in [3.8, 4) is 0 Å². The summed E-state index contributed by atoms with van der Waals surface area (Å²) in [6.07, 6.45) is 0. The Balaban J connectivity index is 2.88. The normalized spacial score (nSPS) is 12.7. The van der Waals surface area contributed by atoms with Crippen LogP contribution >= 0.6 is 0 Å². The molecule has 1 rings (SSSR count). The van der Waals surface area contributed by atoms with Crippen molar-refractivity contribution in [3.05, 3.63) is 23.2 Å². The molecular weight excluding hydrogens is 204 g/mol. The van der Waals surface area contributed by atoms with Gasteiger partial charge in [0.2, 0.25) is 5.76 Å². The molecule has 0 aliphatic carbocycles. The molecule has 0 radical (unpaired) electrons. The molecule has 14 heavy (non-hydrogen) atoms. The zero-order chi connectivity index (χ0) is 10.7. The van der Waals surface area contributed by atoms with E-state index in [2.05, 4.69) is 0 Å². The van der Waals surface area contributed by atoms with Gasteiger partial charge in [0.1, 0.15) is 5.76 Å². The number of aryl methyl sites for hydroxylation is 1. The van der Waals surface area contributed by atoms with E-state index < -0.39 is 16.8 Å². The van der Waals surface area contributed by atoms with E-state index in [1.807, 2.05) is 6.92 Å². The van der Waals surface area contributed by atoms with E-state index >= 15 is 0 Å². The number of furan rings is 1. The second-order valence-electron chi connectivity index (χ2n) is 2.87. The van der Waals surface area contributed by atoms with Gasteiger partial charge in [0.05, 0.1) is 5.75 Å². The number of rotatable bonds is 4. The number of hydrogen-bond acceptors (Lipinski definition) is 3. The molecule has 0 saturated carbocycles. The largest absolute Gasteiger partial charge is 0.475 e. The highest BCUT2D eigenvalue weighted by atomic mass is 32.2. The quantitative estimate of drug-likeness (QED) is 0.829. The van der Waals surface area contributed by atoms with E-state index in [0.29, 0.717) is 22.8 Å². The number of carbonyl (C=O) groups is 1. The van der Waals surface area contributed by atoms with Gasteiger partial charge in [-0.05, 0) is 13.0 Å². The van der Waals surface area contributed by atoms with Crippen LogP contribution in [0.5, 0.6) is 0 Å². The molecule has 1 unspecified atom stereocenters. The van der Waals surface area contributed by atoms with Crippen LogP contribution in [0.3, 0.4) is 0 Å². The fourth-order valence-electron chi connectivity index (χ4n) is 1.04. The minimum absolute atomic E-state index is 0.0920. The maximum Gasteiger partial charge on any atom is 0.371 e. The molecule has 0 saturated heterocycles. The summed E-state index contributed by atoms with van der Waals surface area (Å²) >= 11 is 0. The lowest BCUT2D eigenvalue weighted by molar-refractivity contribution is 0.0661. The minimum atomic E-state index is -1.10. The number of aromatic carboxylic acids is 1. The van der Waals surface area contributed by atoms with Crippen LogP contribution in [0.1, 0.15) is 28.8 Å². The Kier molecular flexibility index (Phi) is 3.46. The van der Waals surface area contributed by atoms with Crippen molar-refractivity contribution in [2.75, 3.05) is 5.75 Å². The summed E-state index contributed by atoms with van der Waals surface area (Å²) < 4.78 is 16.2. The number of carboxylic acids is 1. The molecule has 4 nitrogen and oxygen atoms in total. The summed E-state index contributed by atoms with van der Waals surface area (Å²) in [7, 11) is -0.941. The first kappa shape index (κ1) is 11.0. The van der Waals surface area contributed by atoms with Crippen LogP contribution in [0.25, 0.3) is 0 Å². The zero-order valence-electron chi connectivity index (χ0n) is 8.07. The number of carboxylic acid groups (broad SMARTS) is 1. The highest BCUT2D eigenvalue weighted by molar-refractivity contribution is 7.84. The fraction of sp³-hybridized carbons (Fsp3) is 0.444. The van der Waals surface area contributed by atoms with Crippen molar-refractivity contribution in [1.82, 2.24) is 0 Å². The first-order chi connectivity index (χ1) is 6.54. The predicted molar refractivity (Wildman–Crippen MR) is 52.8 cm³/mol. The van der Waals surface area contributed by atoms with Gasteiger partial charge in [0.15, 0.2) is 0 Å². The van der Waals surface area contributed by atoms with Gasteiger partial charge in [-0.15, -0.1) is 0 Å². The second kappa shape index (κ2) is 4.41. The van der Waals surface area contributed by atoms with Gasteiger partial charge in [0.25, 0.3) is 0 Å². The average Bonchev–Trinajstić information content (AvgIpc) is 2.48. The monoisotopic (exact) mass is 216 g/mol. The molecule has 0 amide bonds. The highest BCUT2D eigenvalue weighted by Crippen LogP contribution is 2.16. The summed E-state index contributed by atoms with van der Waals surface area (Å²) in [5, 5.41) is 8.64. The zero-order valence-corrected chi connectivity index (χ0v) is 8.89. The smallest absolute Gasteiger partial charge is 0.371 e. The lowest BCUT2D eigenvalue weighted by Gasteiger charge is -1.95. The minimum Gasteiger partial charge on any atom is -0.475 e. The van der Waals surface area contributed by atoms with E-state index in [1.54, 1.807) is 6.92 Å². The number of hydrogen-bond donors (Lipinski definition) is 1. The predicted octanol–water partition coefficient (Wildman–Crippen LogP) is 1.55. The van der Waals surface area contributed by atoms with Crippen LogP contribution in [-0.2, 0) is 16.6 Å². The van der Waals surface area contributed by atoms with Gasteiger partial charge in [-0.2, -0.15) is 0 Å². The van der Waals surface area contributed by atoms with E-state index in [9.17, 15) is 9.00 Å². The molecule has 0 spiro atoms. The van der Waals surface area contributed by atoms with Crippen LogP contribution in [0, 0.1) is 6.92 Å². The molecule has 0 aromatic carbocycles. The van der Waals surface area contributed by atoms with Crippen molar-refractivity contribution in [3.63, 3.8) is 0 Å². The van der Waals surface area contributed by atoms with Crippen molar-refractivity contribution in [1.29, 1.82) is 0 Å². The molecule has 1 aromatic rings. The molecule has 78 valence electrons. The fourth-order valence-corrected chi connectivity index (χ4v) is 1.88. The maximum atomic E-state index is 11.2. The molecule has 1 aromatic heterocycles. The first-order valence-electron chi connectivity index (χ1n) is 4.22. The third-order valence-corrected chi connectivity index (χ3v) is 3.15. The molecule has 5 heteroatoms. The lowest BCUT2D eigenvalue weighted by atomic mass is 10.3. The summed E-state index contributed by atoms with van der Waals surface area (Å²) in [6.45, 7) is 3.50. The van der Waals surface area contributed by atoms with Gasteiger partial charge in [-0.3, -0.25) is 4.21 Å². The topological polar surface area (TPSA) is 67.5 Å². The third kappa shape index (κ3) is 2.45. The molecule has 1 N–H and O–H groups in total. The average molecular weight is 216 g/mol. The van der Waals surface area contributed by atoms with Crippen LogP contribution in [0.15, 0.2) is 10.5 Å². The Hall–Kier alpha value is -1.10. The van der Waals surface area contributed by atoms with Crippen LogP contribution in [0.4, 0.5) is 0 Å². The highest BCUT2D eigenvalue weighted by Gasteiger charge is 2.14. The lowest BCUT2D eigenvalue weighted by Crippen LogP contribution is -1.97. The van der Waals surface area contributed by atoms with Crippen molar-refractivity contribution >= 4 is 16.8 Å². The van der Waals surface area contributed by atoms with Gasteiger partial charge in [-0.1, -0.05) is 6.92 Å². The van der Waals surface area contributed by atoms with Crippen LogP contribution in [0.2, 0.25) is 0 Å². The molecule has 0 fully saturated rings. The van der Waals surface area contributed by atoms with Crippen molar-refractivity contribution in [2.45, 2.75) is 19.6 Å². The molecular formula is C9H12O4S. The molecule has 1 atom stereocenters. The van der Waals surface area contributed by atoms with Crippen LogP contribution < -0.4 is 0 Å². The van der Waals surface area contributed by atoms with E-state index in [-0.39, 0.29) is 5.76 Å². The van der Waals surface area contributed by atoms with Gasteiger partial charge in [-0.25, -0.2) is 4.79 Å². The van der Waals surface area contributed by atoms with Crippen molar-refractivity contribution in [2.24, 2.45) is 0 Å². The van der Waals surface area contributed by atoms with E-state index in [1.165, 1.54) is 6.07 Å². The SMILES string of the molecule is CCS(=O)Cc1cc(C(=O)O)oc1C. The Morgan fingerprint density at radius 1 is 1.64 bits per heavy atom. The molecule has 0 aliphatic heterocycles. The summed E-state index contributed by atoms with van der Waals surface area (Å²) in [4.78, 5) is 10.6. The summed E-state index contributed by atoms with van der Waals surface area (Å²) in [5.41, 5.74) is 0.711. The third-order valence-electron chi connectivity index (χ3n) is 1.87. The molecule has 0 aliphatic rings. The van der Waals surface area contributed by atoms with E-state index in [4.69, 9.17) is 9.52 Å². The molecule has 1 heterocycles. The van der Waals surface area contributed by atoms with Gasteiger partial charge < -0.3 is 9.52 Å². The first-order valence-corrected chi connectivity index (χ1v) is 5.71. The van der Waals surface area contributed by atoms with Crippen molar-refractivity contribution < 1.29 is 18.5 Å². The summed E-state index contributed by atoms with van der Waals surface area (Å²) in [6, 6.07) is 1.44. The molecule has 0 bridgehead atoms. The van der Waals surface area contributed by atoms with Gasteiger partial charge >= 0.3 is 5.97 Å².